The Labute approximate surface area is 99.7 Å². The van der Waals surface area contributed by atoms with Crippen LogP contribution in [0.2, 0.25) is 0 Å². The largest absolute Gasteiger partial charge is 0.478 e. The van der Waals surface area contributed by atoms with E-state index in [1.807, 2.05) is 14.1 Å². The van der Waals surface area contributed by atoms with Crippen LogP contribution in [0, 0.1) is 0 Å². The Kier molecular flexibility index (Phi) is 5.28. The molecule has 0 spiro atoms. The number of carboxylic acids is 1. The minimum absolute atomic E-state index is 0.238. The number of carbonyl (C=O) groups is 1. The number of rotatable bonds is 6. The van der Waals surface area contributed by atoms with E-state index >= 15 is 0 Å². The topological polar surface area (TPSA) is 53.4 Å². The minimum atomic E-state index is -0.931. The highest BCUT2D eigenvalue weighted by molar-refractivity contribution is 7.98. The lowest BCUT2D eigenvalue weighted by molar-refractivity contribution is 0.0696. The van der Waals surface area contributed by atoms with Crippen LogP contribution in [0.4, 0.5) is 0 Å². The molecule has 5 heteroatoms. The van der Waals surface area contributed by atoms with Crippen molar-refractivity contribution >= 4 is 17.7 Å². The lowest BCUT2D eigenvalue weighted by atomic mass is 10.2. The van der Waals surface area contributed by atoms with Crippen LogP contribution in [0.15, 0.2) is 18.3 Å². The van der Waals surface area contributed by atoms with Gasteiger partial charge in [-0.15, -0.1) is 0 Å². The third-order valence-corrected chi connectivity index (χ3v) is 2.98. The van der Waals surface area contributed by atoms with Crippen molar-refractivity contribution in [1.82, 2.24) is 9.88 Å². The Morgan fingerprint density at radius 1 is 1.50 bits per heavy atom. The molecule has 1 aromatic heterocycles. The fourth-order valence-corrected chi connectivity index (χ4v) is 2.08. The molecule has 0 aliphatic carbocycles. The molecular formula is C11H16N2O2S. The quantitative estimate of drug-likeness (QED) is 0.765. The van der Waals surface area contributed by atoms with Crippen molar-refractivity contribution in [3.05, 3.63) is 29.6 Å². The molecule has 0 aromatic carbocycles. The first-order valence-corrected chi connectivity index (χ1v) is 6.16. The number of aromatic carboxylic acids is 1. The summed E-state index contributed by atoms with van der Waals surface area (Å²) in [7, 11) is 4.08. The zero-order chi connectivity index (χ0) is 12.0. The van der Waals surface area contributed by atoms with Crippen LogP contribution in [0.25, 0.3) is 0 Å². The SMILES string of the molecule is CN(C)CCSCc1ccc(C(=O)O)cn1. The van der Waals surface area contributed by atoms with Crippen molar-refractivity contribution in [2.45, 2.75) is 5.75 Å². The second-order valence-electron chi connectivity index (χ2n) is 3.70. The molecule has 0 bridgehead atoms. The van der Waals surface area contributed by atoms with Crippen molar-refractivity contribution in [1.29, 1.82) is 0 Å². The smallest absolute Gasteiger partial charge is 0.337 e. The van der Waals surface area contributed by atoms with Gasteiger partial charge in [0, 0.05) is 24.2 Å². The Hall–Kier alpha value is -1.07. The molecule has 0 amide bonds. The van der Waals surface area contributed by atoms with E-state index in [9.17, 15) is 4.79 Å². The molecule has 0 unspecified atom stereocenters. The van der Waals surface area contributed by atoms with Crippen LogP contribution < -0.4 is 0 Å². The third-order valence-electron chi connectivity index (χ3n) is 2.00. The van der Waals surface area contributed by atoms with E-state index in [0.29, 0.717) is 0 Å². The van der Waals surface area contributed by atoms with Crippen molar-refractivity contribution in [2.24, 2.45) is 0 Å². The summed E-state index contributed by atoms with van der Waals surface area (Å²) < 4.78 is 0. The first-order chi connectivity index (χ1) is 7.59. The average molecular weight is 240 g/mol. The second-order valence-corrected chi connectivity index (χ2v) is 4.80. The van der Waals surface area contributed by atoms with E-state index < -0.39 is 5.97 Å². The van der Waals surface area contributed by atoms with Crippen molar-refractivity contribution in [2.75, 3.05) is 26.4 Å². The summed E-state index contributed by atoms with van der Waals surface area (Å²) in [5.74, 6) is 0.947. The number of aromatic nitrogens is 1. The van der Waals surface area contributed by atoms with E-state index in [4.69, 9.17) is 5.11 Å². The van der Waals surface area contributed by atoms with Gasteiger partial charge < -0.3 is 10.0 Å². The monoisotopic (exact) mass is 240 g/mol. The van der Waals surface area contributed by atoms with E-state index in [-0.39, 0.29) is 5.56 Å². The van der Waals surface area contributed by atoms with E-state index in [0.717, 1.165) is 23.7 Å². The van der Waals surface area contributed by atoms with Gasteiger partial charge in [-0.2, -0.15) is 11.8 Å². The zero-order valence-corrected chi connectivity index (χ0v) is 10.3. The summed E-state index contributed by atoms with van der Waals surface area (Å²) in [6.45, 7) is 1.04. The van der Waals surface area contributed by atoms with Crippen LogP contribution in [0.1, 0.15) is 16.1 Å². The number of hydrogen-bond donors (Lipinski definition) is 1. The van der Waals surface area contributed by atoms with E-state index in [1.165, 1.54) is 6.20 Å². The van der Waals surface area contributed by atoms with E-state index in [2.05, 4.69) is 9.88 Å². The predicted octanol–water partition coefficient (Wildman–Crippen LogP) is 1.57. The first kappa shape index (κ1) is 13.0. The Morgan fingerprint density at radius 3 is 2.75 bits per heavy atom. The molecule has 1 heterocycles. The number of carboxylic acid groups (broad SMARTS) is 1. The highest BCUT2D eigenvalue weighted by atomic mass is 32.2. The highest BCUT2D eigenvalue weighted by Gasteiger charge is 2.02. The first-order valence-electron chi connectivity index (χ1n) is 5.00. The summed E-state index contributed by atoms with van der Waals surface area (Å²) in [6.07, 6.45) is 1.41. The maximum absolute atomic E-state index is 10.6. The maximum Gasteiger partial charge on any atom is 0.337 e. The summed E-state index contributed by atoms with van der Waals surface area (Å²) >= 11 is 1.80. The normalized spacial score (nSPS) is 10.7. The van der Waals surface area contributed by atoms with Gasteiger partial charge in [-0.05, 0) is 26.2 Å². The molecule has 1 rings (SSSR count). The maximum atomic E-state index is 10.6. The standard InChI is InChI=1S/C11H16N2O2S/c1-13(2)5-6-16-8-10-4-3-9(7-12-10)11(14)15/h3-4,7H,5-6,8H2,1-2H3,(H,14,15). The second kappa shape index (κ2) is 6.50. The summed E-state index contributed by atoms with van der Waals surface area (Å²) in [6, 6.07) is 3.36. The van der Waals surface area contributed by atoms with Crippen LogP contribution >= 0.6 is 11.8 Å². The van der Waals surface area contributed by atoms with Crippen molar-refractivity contribution in [3.8, 4) is 0 Å². The molecule has 0 saturated heterocycles. The Bertz CT molecular complexity index is 338. The lowest BCUT2D eigenvalue weighted by Gasteiger charge is -2.08. The molecule has 0 aliphatic rings. The minimum Gasteiger partial charge on any atom is -0.478 e. The number of hydrogen-bond acceptors (Lipinski definition) is 4. The molecule has 16 heavy (non-hydrogen) atoms. The molecule has 1 N–H and O–H groups in total. The summed E-state index contributed by atoms with van der Waals surface area (Å²) in [5.41, 5.74) is 1.16. The van der Waals surface area contributed by atoms with Gasteiger partial charge in [-0.3, -0.25) is 4.98 Å². The average Bonchev–Trinajstić information content (AvgIpc) is 2.25. The molecular weight excluding hydrogens is 224 g/mol. The Balaban J connectivity index is 2.35. The van der Waals surface area contributed by atoms with Gasteiger partial charge in [-0.25, -0.2) is 4.79 Å². The van der Waals surface area contributed by atoms with Gasteiger partial charge in [0.15, 0.2) is 0 Å². The van der Waals surface area contributed by atoms with Crippen LogP contribution in [-0.4, -0.2) is 47.4 Å². The van der Waals surface area contributed by atoms with Crippen LogP contribution in [-0.2, 0) is 5.75 Å². The highest BCUT2D eigenvalue weighted by Crippen LogP contribution is 2.10. The van der Waals surface area contributed by atoms with Crippen molar-refractivity contribution < 1.29 is 9.90 Å². The summed E-state index contributed by atoms with van der Waals surface area (Å²) in [4.78, 5) is 16.8. The van der Waals surface area contributed by atoms with Gasteiger partial charge >= 0.3 is 5.97 Å². The predicted molar refractivity (Wildman–Crippen MR) is 65.9 cm³/mol. The van der Waals surface area contributed by atoms with Gasteiger partial charge in [0.2, 0.25) is 0 Å². The molecule has 1 aromatic rings. The molecule has 4 nitrogen and oxygen atoms in total. The molecule has 0 aliphatic heterocycles. The number of nitrogens with zero attached hydrogens (tertiary/aromatic N) is 2. The zero-order valence-electron chi connectivity index (χ0n) is 9.51. The molecule has 88 valence electrons. The van der Waals surface area contributed by atoms with Gasteiger partial charge in [0.05, 0.1) is 11.3 Å². The van der Waals surface area contributed by atoms with Gasteiger partial charge in [0.25, 0.3) is 0 Å². The van der Waals surface area contributed by atoms with Crippen LogP contribution in [0.3, 0.4) is 0 Å². The van der Waals surface area contributed by atoms with Gasteiger partial charge in [-0.1, -0.05) is 0 Å². The fraction of sp³-hybridized carbons (Fsp3) is 0.455. The number of pyridine rings is 1. The van der Waals surface area contributed by atoms with Gasteiger partial charge in [0.1, 0.15) is 0 Å². The lowest BCUT2D eigenvalue weighted by Crippen LogP contribution is -2.14. The summed E-state index contributed by atoms with van der Waals surface area (Å²) in [5, 5.41) is 8.70. The third kappa shape index (κ3) is 4.63. The Morgan fingerprint density at radius 2 is 2.25 bits per heavy atom. The fourth-order valence-electron chi connectivity index (χ4n) is 1.06. The van der Waals surface area contributed by atoms with Crippen LogP contribution in [0.5, 0.6) is 0 Å². The number of thioether (sulfide) groups is 1. The molecule has 0 fully saturated rings. The van der Waals surface area contributed by atoms with E-state index in [1.54, 1.807) is 23.9 Å². The molecule has 0 saturated carbocycles. The molecule has 0 atom stereocenters. The van der Waals surface area contributed by atoms with Crippen molar-refractivity contribution in [3.63, 3.8) is 0 Å². The molecule has 0 radical (unpaired) electrons.